The minimum Gasteiger partial charge on any atom is -0.251 e. The SMILES string of the molecule is C=CC[C@@H](CC(C)(C)S(N)=O)c1cnc(Cl)c(F)c1. The lowest BCUT2D eigenvalue weighted by atomic mass is 9.88. The molecule has 0 spiro atoms. The van der Waals surface area contributed by atoms with Gasteiger partial charge in [0.25, 0.3) is 0 Å². The molecule has 19 heavy (non-hydrogen) atoms. The first-order chi connectivity index (χ1) is 8.77. The second kappa shape index (κ2) is 6.59. The fraction of sp³-hybridized carbons (Fsp3) is 0.462. The van der Waals surface area contributed by atoms with Crippen LogP contribution in [0.5, 0.6) is 0 Å². The van der Waals surface area contributed by atoms with Crippen molar-refractivity contribution in [2.75, 3.05) is 0 Å². The lowest BCUT2D eigenvalue weighted by Gasteiger charge is -2.27. The summed E-state index contributed by atoms with van der Waals surface area (Å²) in [6.45, 7) is 7.33. The van der Waals surface area contributed by atoms with Crippen molar-refractivity contribution in [3.8, 4) is 0 Å². The van der Waals surface area contributed by atoms with Crippen LogP contribution in [0.1, 0.15) is 38.2 Å². The van der Waals surface area contributed by atoms with Crippen molar-refractivity contribution >= 4 is 22.6 Å². The van der Waals surface area contributed by atoms with Gasteiger partial charge >= 0.3 is 0 Å². The van der Waals surface area contributed by atoms with E-state index in [0.29, 0.717) is 18.4 Å². The molecule has 0 amide bonds. The van der Waals surface area contributed by atoms with Crippen molar-refractivity contribution in [3.05, 3.63) is 41.5 Å². The van der Waals surface area contributed by atoms with Crippen LogP contribution in [-0.4, -0.2) is 13.9 Å². The van der Waals surface area contributed by atoms with Gasteiger partial charge in [-0.05, 0) is 44.2 Å². The number of aromatic nitrogens is 1. The van der Waals surface area contributed by atoms with E-state index in [9.17, 15) is 8.60 Å². The zero-order chi connectivity index (χ0) is 14.6. The van der Waals surface area contributed by atoms with Gasteiger partial charge in [0.15, 0.2) is 11.0 Å². The Morgan fingerprint density at radius 1 is 1.68 bits per heavy atom. The number of rotatable bonds is 6. The predicted octanol–water partition coefficient (Wildman–Crippen LogP) is 3.32. The number of hydrogen-bond donors (Lipinski definition) is 1. The summed E-state index contributed by atoms with van der Waals surface area (Å²) in [6.07, 6.45) is 4.45. The maximum absolute atomic E-state index is 13.5. The molecule has 3 nitrogen and oxygen atoms in total. The molecule has 2 N–H and O–H groups in total. The molecule has 0 aliphatic carbocycles. The molecule has 1 rings (SSSR count). The molecule has 0 fully saturated rings. The molecule has 6 heteroatoms. The second-order valence-corrected chi connectivity index (χ2v) is 7.08. The first kappa shape index (κ1) is 16.3. The molecule has 0 aliphatic rings. The van der Waals surface area contributed by atoms with Gasteiger partial charge in [0.2, 0.25) is 0 Å². The Hall–Kier alpha value is -0.780. The Morgan fingerprint density at radius 3 is 2.79 bits per heavy atom. The van der Waals surface area contributed by atoms with Gasteiger partial charge in [-0.25, -0.2) is 13.6 Å². The molecule has 0 saturated heterocycles. The molecule has 106 valence electrons. The lowest BCUT2D eigenvalue weighted by molar-refractivity contribution is 0.515. The van der Waals surface area contributed by atoms with Crippen LogP contribution in [0.2, 0.25) is 5.15 Å². The number of pyridine rings is 1. The Morgan fingerprint density at radius 2 is 2.32 bits per heavy atom. The molecule has 1 heterocycles. The van der Waals surface area contributed by atoms with Gasteiger partial charge in [-0.1, -0.05) is 17.7 Å². The number of nitrogens with two attached hydrogens (primary N) is 1. The summed E-state index contributed by atoms with van der Waals surface area (Å²) >= 11 is 5.57. The Labute approximate surface area is 120 Å². The second-order valence-electron chi connectivity index (χ2n) is 5.02. The smallest absolute Gasteiger partial charge is 0.164 e. The summed E-state index contributed by atoms with van der Waals surface area (Å²) in [5.41, 5.74) is 0.709. The van der Waals surface area contributed by atoms with Gasteiger partial charge in [-0.2, -0.15) is 0 Å². The first-order valence-corrected chi connectivity index (χ1v) is 7.45. The number of halogens is 2. The molecule has 1 unspecified atom stereocenters. The highest BCUT2D eigenvalue weighted by atomic mass is 35.5. The van der Waals surface area contributed by atoms with Crippen molar-refractivity contribution < 1.29 is 8.60 Å². The summed E-state index contributed by atoms with van der Waals surface area (Å²) in [6, 6.07) is 1.36. The van der Waals surface area contributed by atoms with Gasteiger partial charge in [0.1, 0.15) is 0 Å². The quantitative estimate of drug-likeness (QED) is 0.647. The van der Waals surface area contributed by atoms with E-state index in [1.165, 1.54) is 12.3 Å². The lowest BCUT2D eigenvalue weighted by Crippen LogP contribution is -2.33. The van der Waals surface area contributed by atoms with Crippen molar-refractivity contribution in [1.82, 2.24) is 4.98 Å². The zero-order valence-corrected chi connectivity index (χ0v) is 12.6. The predicted molar refractivity (Wildman–Crippen MR) is 77.8 cm³/mol. The van der Waals surface area contributed by atoms with E-state index >= 15 is 0 Å². The van der Waals surface area contributed by atoms with E-state index in [1.807, 2.05) is 13.8 Å². The van der Waals surface area contributed by atoms with Crippen LogP contribution < -0.4 is 5.14 Å². The Bertz CT molecular complexity index is 494. The topological polar surface area (TPSA) is 56.0 Å². The van der Waals surface area contributed by atoms with E-state index in [1.54, 1.807) is 6.08 Å². The monoisotopic (exact) mass is 304 g/mol. The van der Waals surface area contributed by atoms with Gasteiger partial charge in [-0.3, -0.25) is 5.14 Å². The summed E-state index contributed by atoms with van der Waals surface area (Å²) in [5, 5.41) is 5.33. The van der Waals surface area contributed by atoms with Gasteiger partial charge in [0.05, 0.1) is 15.7 Å². The molecule has 0 aliphatic heterocycles. The fourth-order valence-electron chi connectivity index (χ4n) is 1.87. The highest BCUT2D eigenvalue weighted by Gasteiger charge is 2.28. The fourth-order valence-corrected chi connectivity index (χ4v) is 2.34. The third kappa shape index (κ3) is 4.37. The first-order valence-electron chi connectivity index (χ1n) is 5.86. The van der Waals surface area contributed by atoms with Gasteiger partial charge in [-0.15, -0.1) is 6.58 Å². The van der Waals surface area contributed by atoms with E-state index < -0.39 is 21.5 Å². The Kier molecular flexibility index (Phi) is 5.64. The van der Waals surface area contributed by atoms with Gasteiger partial charge in [0, 0.05) is 6.20 Å². The van der Waals surface area contributed by atoms with Crippen molar-refractivity contribution in [2.24, 2.45) is 5.14 Å². The van der Waals surface area contributed by atoms with Crippen molar-refractivity contribution in [1.29, 1.82) is 0 Å². The zero-order valence-electron chi connectivity index (χ0n) is 11.0. The van der Waals surface area contributed by atoms with E-state index in [4.69, 9.17) is 16.7 Å². The number of allylic oxidation sites excluding steroid dienone is 1. The maximum atomic E-state index is 13.5. The third-order valence-electron chi connectivity index (χ3n) is 3.02. The largest absolute Gasteiger partial charge is 0.251 e. The molecular weight excluding hydrogens is 287 g/mol. The number of nitrogens with zero attached hydrogens (tertiary/aromatic N) is 1. The molecule has 0 radical (unpaired) electrons. The standard InChI is InChI=1S/C13H18ClFN2OS/c1-4-5-9(7-13(2,3)19(16)18)10-6-11(15)12(14)17-8-10/h4,6,8-9H,1,5,7,16H2,2-3H3/t9-,19?/m0/s1. The van der Waals surface area contributed by atoms with Crippen LogP contribution in [0.15, 0.2) is 24.9 Å². The van der Waals surface area contributed by atoms with Crippen LogP contribution in [0.3, 0.4) is 0 Å². The Balaban J connectivity index is 3.03. The van der Waals surface area contributed by atoms with Crippen LogP contribution in [0.25, 0.3) is 0 Å². The summed E-state index contributed by atoms with van der Waals surface area (Å²) in [4.78, 5) is 3.81. The average Bonchev–Trinajstić information content (AvgIpc) is 2.31. The molecule has 0 bridgehead atoms. The minimum absolute atomic E-state index is 0.0423. The molecule has 2 atom stereocenters. The highest BCUT2D eigenvalue weighted by Crippen LogP contribution is 2.32. The van der Waals surface area contributed by atoms with Crippen molar-refractivity contribution in [2.45, 2.75) is 37.4 Å². The van der Waals surface area contributed by atoms with E-state index in [2.05, 4.69) is 11.6 Å². The molecule has 0 aromatic carbocycles. The van der Waals surface area contributed by atoms with Crippen LogP contribution in [0.4, 0.5) is 4.39 Å². The average molecular weight is 305 g/mol. The summed E-state index contributed by atoms with van der Waals surface area (Å²) < 4.78 is 24.4. The van der Waals surface area contributed by atoms with Crippen LogP contribution in [-0.2, 0) is 11.0 Å². The van der Waals surface area contributed by atoms with E-state index in [0.717, 1.165) is 0 Å². The van der Waals surface area contributed by atoms with Crippen LogP contribution >= 0.6 is 11.6 Å². The third-order valence-corrected chi connectivity index (χ3v) is 4.56. The minimum atomic E-state index is -1.46. The number of hydrogen-bond acceptors (Lipinski definition) is 2. The maximum Gasteiger partial charge on any atom is 0.164 e. The molecular formula is C13H18ClFN2OS. The summed E-state index contributed by atoms with van der Waals surface area (Å²) in [7, 11) is -1.46. The van der Waals surface area contributed by atoms with Gasteiger partial charge < -0.3 is 0 Å². The normalized spacial score (nSPS) is 15.0. The van der Waals surface area contributed by atoms with E-state index in [-0.39, 0.29) is 11.1 Å². The summed E-state index contributed by atoms with van der Waals surface area (Å²) in [5.74, 6) is -0.598. The highest BCUT2D eigenvalue weighted by molar-refractivity contribution is 7.84. The van der Waals surface area contributed by atoms with Crippen molar-refractivity contribution in [3.63, 3.8) is 0 Å². The van der Waals surface area contributed by atoms with Crippen LogP contribution in [0, 0.1) is 5.82 Å². The molecule has 1 aromatic heterocycles. The molecule has 0 saturated carbocycles. The molecule has 1 aromatic rings.